The summed E-state index contributed by atoms with van der Waals surface area (Å²) in [5, 5.41) is 3.92. The highest BCUT2D eigenvalue weighted by Gasteiger charge is 2.17. The van der Waals surface area contributed by atoms with Crippen molar-refractivity contribution in [1.82, 2.24) is 5.43 Å². The van der Waals surface area contributed by atoms with Crippen molar-refractivity contribution in [3.63, 3.8) is 0 Å². The number of nitrogens with zero attached hydrogens (tertiary/aromatic N) is 1. The molecule has 0 saturated carbocycles. The second-order valence-electron chi connectivity index (χ2n) is 5.08. The minimum absolute atomic E-state index is 0.189. The molecular formula is C16H20Br2N2O4. The van der Waals surface area contributed by atoms with Crippen LogP contribution in [0.4, 0.5) is 0 Å². The number of hydrogen-bond acceptors (Lipinski definition) is 5. The second-order valence-corrected chi connectivity index (χ2v) is 6.85. The number of amides is 1. The first kappa shape index (κ1) is 20.6. The lowest BCUT2D eigenvalue weighted by Gasteiger charge is -2.12. The molecule has 6 nitrogen and oxygen atoms in total. The van der Waals surface area contributed by atoms with Gasteiger partial charge in [-0.2, -0.15) is 5.10 Å². The van der Waals surface area contributed by atoms with Gasteiger partial charge in [0, 0.05) is 10.2 Å². The van der Waals surface area contributed by atoms with E-state index in [0.717, 1.165) is 14.5 Å². The summed E-state index contributed by atoms with van der Waals surface area (Å²) in [6.07, 6.45) is 0. The molecule has 0 aliphatic carbocycles. The summed E-state index contributed by atoms with van der Waals surface area (Å²) in [6.45, 7) is 7.05. The van der Waals surface area contributed by atoms with Gasteiger partial charge in [0.15, 0.2) is 6.61 Å². The minimum Gasteiger partial charge on any atom is -0.482 e. The van der Waals surface area contributed by atoms with Gasteiger partial charge in [-0.3, -0.25) is 9.59 Å². The largest absolute Gasteiger partial charge is 0.482 e. The zero-order valence-corrected chi connectivity index (χ0v) is 17.2. The molecule has 132 valence electrons. The molecule has 1 N–H and O–H groups in total. The van der Waals surface area contributed by atoms with Crippen LogP contribution >= 0.6 is 31.9 Å². The molecule has 0 heterocycles. The van der Waals surface area contributed by atoms with Crippen molar-refractivity contribution in [2.45, 2.75) is 27.7 Å². The van der Waals surface area contributed by atoms with Gasteiger partial charge in [0.25, 0.3) is 5.91 Å². The topological polar surface area (TPSA) is 77.0 Å². The van der Waals surface area contributed by atoms with Gasteiger partial charge in [-0.15, -0.1) is 0 Å². The lowest BCUT2D eigenvalue weighted by atomic mass is 10.1. The summed E-state index contributed by atoms with van der Waals surface area (Å²) >= 11 is 6.78. The monoisotopic (exact) mass is 462 g/mol. The van der Waals surface area contributed by atoms with Crippen molar-refractivity contribution in [3.8, 4) is 5.75 Å². The quantitative estimate of drug-likeness (QED) is 0.380. The van der Waals surface area contributed by atoms with Crippen molar-refractivity contribution >= 4 is 49.4 Å². The van der Waals surface area contributed by atoms with Crippen LogP contribution in [0.5, 0.6) is 5.75 Å². The highest BCUT2D eigenvalue weighted by atomic mass is 79.9. The molecule has 1 amide bonds. The van der Waals surface area contributed by atoms with Crippen LogP contribution < -0.4 is 10.2 Å². The molecule has 0 aliphatic heterocycles. The number of esters is 1. The highest BCUT2D eigenvalue weighted by Crippen LogP contribution is 2.32. The number of benzene rings is 1. The maximum absolute atomic E-state index is 11.8. The number of nitrogens with one attached hydrogen (secondary N) is 1. The lowest BCUT2D eigenvalue weighted by Crippen LogP contribution is -2.28. The number of hydrazone groups is 1. The predicted molar refractivity (Wildman–Crippen MR) is 99.1 cm³/mol. The Morgan fingerprint density at radius 3 is 2.58 bits per heavy atom. The summed E-state index contributed by atoms with van der Waals surface area (Å²) < 4.78 is 12.1. The maximum Gasteiger partial charge on any atom is 0.314 e. The van der Waals surface area contributed by atoms with Gasteiger partial charge in [0.05, 0.1) is 17.0 Å². The van der Waals surface area contributed by atoms with E-state index in [1.807, 2.05) is 19.1 Å². The Bertz CT molecular complexity index is 624. The normalized spacial score (nSPS) is 12.5. The van der Waals surface area contributed by atoms with Gasteiger partial charge in [0.2, 0.25) is 0 Å². The molecule has 0 aliphatic rings. The fourth-order valence-corrected chi connectivity index (χ4v) is 3.28. The zero-order chi connectivity index (χ0) is 18.3. The second kappa shape index (κ2) is 9.78. The van der Waals surface area contributed by atoms with E-state index in [1.165, 1.54) is 0 Å². The molecule has 1 rings (SSSR count). The van der Waals surface area contributed by atoms with Crippen LogP contribution in [0.3, 0.4) is 0 Å². The molecule has 0 fully saturated rings. The number of ether oxygens (including phenoxy) is 2. The van der Waals surface area contributed by atoms with Gasteiger partial charge in [0.1, 0.15) is 5.75 Å². The van der Waals surface area contributed by atoms with Crippen LogP contribution in [0, 0.1) is 12.8 Å². The van der Waals surface area contributed by atoms with Gasteiger partial charge < -0.3 is 9.47 Å². The fraction of sp³-hybridized carbons (Fsp3) is 0.438. The average molecular weight is 464 g/mol. The fourth-order valence-electron chi connectivity index (χ4n) is 1.73. The third-order valence-electron chi connectivity index (χ3n) is 3.17. The molecule has 1 unspecified atom stereocenters. The van der Waals surface area contributed by atoms with Crippen molar-refractivity contribution in [1.29, 1.82) is 0 Å². The Morgan fingerprint density at radius 1 is 1.33 bits per heavy atom. The molecule has 0 spiro atoms. The number of halogens is 2. The Hall–Kier alpha value is -1.41. The molecule has 1 aromatic rings. The van der Waals surface area contributed by atoms with Crippen LogP contribution in [0.25, 0.3) is 0 Å². The van der Waals surface area contributed by atoms with E-state index < -0.39 is 11.8 Å². The predicted octanol–water partition coefficient (Wildman–Crippen LogP) is 3.59. The standard InChI is InChI=1S/C16H20Br2N2O4/c1-5-23-16(22)10(3)11(4)19-20-14(21)8-24-15-9(2)6-12(17)7-13(15)18/h6-7,10H,5,8H2,1-4H3,(H,20,21)/b19-11+. The summed E-state index contributed by atoms with van der Waals surface area (Å²) in [4.78, 5) is 23.4. The van der Waals surface area contributed by atoms with Crippen molar-refractivity contribution in [2.75, 3.05) is 13.2 Å². The molecule has 0 aromatic heterocycles. The van der Waals surface area contributed by atoms with E-state index in [1.54, 1.807) is 20.8 Å². The van der Waals surface area contributed by atoms with Crippen LogP contribution in [0.2, 0.25) is 0 Å². The highest BCUT2D eigenvalue weighted by molar-refractivity contribution is 9.11. The summed E-state index contributed by atoms with van der Waals surface area (Å²) in [7, 11) is 0. The third-order valence-corrected chi connectivity index (χ3v) is 4.21. The average Bonchev–Trinajstić information content (AvgIpc) is 2.50. The molecule has 8 heteroatoms. The van der Waals surface area contributed by atoms with Crippen LogP contribution in [-0.2, 0) is 14.3 Å². The van der Waals surface area contributed by atoms with E-state index in [0.29, 0.717) is 18.1 Å². The van der Waals surface area contributed by atoms with E-state index in [9.17, 15) is 9.59 Å². The Labute approximate surface area is 158 Å². The molecule has 24 heavy (non-hydrogen) atoms. The van der Waals surface area contributed by atoms with E-state index in [2.05, 4.69) is 42.4 Å². The molecule has 0 bridgehead atoms. The van der Waals surface area contributed by atoms with Gasteiger partial charge >= 0.3 is 5.97 Å². The molecular weight excluding hydrogens is 444 g/mol. The number of carbonyl (C=O) groups is 2. The number of rotatable bonds is 7. The Kier molecular flexibility index (Phi) is 8.41. The zero-order valence-electron chi connectivity index (χ0n) is 14.0. The summed E-state index contributed by atoms with van der Waals surface area (Å²) in [5.41, 5.74) is 3.72. The SMILES string of the molecule is CCOC(=O)C(C)/C(C)=N/NC(=O)COc1c(C)cc(Br)cc1Br. The van der Waals surface area contributed by atoms with Gasteiger partial charge in [-0.25, -0.2) is 5.43 Å². The van der Waals surface area contributed by atoms with Crippen LogP contribution in [-0.4, -0.2) is 30.8 Å². The van der Waals surface area contributed by atoms with E-state index in [4.69, 9.17) is 9.47 Å². The lowest BCUT2D eigenvalue weighted by molar-refractivity contribution is -0.145. The Balaban J connectivity index is 2.58. The van der Waals surface area contributed by atoms with Crippen molar-refractivity contribution < 1.29 is 19.1 Å². The third kappa shape index (κ3) is 6.24. The van der Waals surface area contributed by atoms with E-state index in [-0.39, 0.29) is 12.6 Å². The number of hydrogen-bond donors (Lipinski definition) is 1. The van der Waals surface area contributed by atoms with E-state index >= 15 is 0 Å². The van der Waals surface area contributed by atoms with Crippen LogP contribution in [0.1, 0.15) is 26.3 Å². The van der Waals surface area contributed by atoms with Gasteiger partial charge in [-0.1, -0.05) is 15.9 Å². The first-order chi connectivity index (χ1) is 11.3. The molecule has 0 saturated heterocycles. The first-order valence-electron chi connectivity index (χ1n) is 7.34. The van der Waals surface area contributed by atoms with Crippen molar-refractivity contribution in [2.24, 2.45) is 11.0 Å². The number of aryl methyl sites for hydroxylation is 1. The number of carbonyl (C=O) groups excluding carboxylic acids is 2. The molecule has 0 radical (unpaired) electrons. The van der Waals surface area contributed by atoms with Crippen LogP contribution in [0.15, 0.2) is 26.2 Å². The maximum atomic E-state index is 11.8. The Morgan fingerprint density at radius 2 is 2.00 bits per heavy atom. The van der Waals surface area contributed by atoms with Crippen molar-refractivity contribution in [3.05, 3.63) is 26.6 Å². The summed E-state index contributed by atoms with van der Waals surface area (Å²) in [5.74, 6) is -0.721. The summed E-state index contributed by atoms with van der Waals surface area (Å²) in [6, 6.07) is 3.73. The molecule has 1 atom stereocenters. The van der Waals surface area contributed by atoms with Gasteiger partial charge in [-0.05, 0) is 61.3 Å². The minimum atomic E-state index is -0.519. The smallest absolute Gasteiger partial charge is 0.314 e. The first-order valence-corrected chi connectivity index (χ1v) is 8.93. The molecule has 1 aromatic carbocycles.